The minimum atomic E-state index is 0.877. The largest absolute Gasteiger partial charge is 0.456 e. The Morgan fingerprint density at radius 1 is 0.306 bits per heavy atom. The van der Waals surface area contributed by atoms with Crippen molar-refractivity contribution >= 4 is 71.7 Å². The summed E-state index contributed by atoms with van der Waals surface area (Å²) in [7, 11) is 0. The third kappa shape index (κ3) is 4.51. The van der Waals surface area contributed by atoms with Crippen molar-refractivity contribution in [3.8, 4) is 22.3 Å². The number of rotatable bonds is 5. The molecule has 3 heteroatoms. The van der Waals surface area contributed by atoms with Gasteiger partial charge >= 0.3 is 0 Å². The maximum Gasteiger partial charge on any atom is 0.136 e. The van der Waals surface area contributed by atoms with E-state index in [0.29, 0.717) is 0 Å². The van der Waals surface area contributed by atoms with Crippen LogP contribution in [0.25, 0.3) is 76.9 Å². The molecule has 0 aliphatic rings. The van der Waals surface area contributed by atoms with Gasteiger partial charge < -0.3 is 13.7 Å². The second kappa shape index (κ2) is 11.0. The third-order valence-electron chi connectivity index (χ3n) is 9.65. The molecule has 0 aliphatic carbocycles. The van der Waals surface area contributed by atoms with Crippen LogP contribution in [0.3, 0.4) is 0 Å². The van der Waals surface area contributed by atoms with Crippen LogP contribution in [0.5, 0.6) is 0 Å². The standard InChI is InChI=1S/C46H29NO2/c1-3-11-30(12-4-1)31-19-21-33(22-20-31)47(35-24-26-44-40(27-35)37-15-7-9-17-42(37)48-44)34-23-25-36-39(32-13-5-2-6-14-32)29-45-46(41(36)28-34)38-16-8-10-18-43(38)49-45/h1-29H. The van der Waals surface area contributed by atoms with Gasteiger partial charge in [-0.05, 0) is 93.7 Å². The van der Waals surface area contributed by atoms with Crippen LogP contribution in [0.4, 0.5) is 17.1 Å². The van der Waals surface area contributed by atoms with E-state index in [9.17, 15) is 0 Å². The Morgan fingerprint density at radius 2 is 0.837 bits per heavy atom. The van der Waals surface area contributed by atoms with E-state index in [2.05, 4.69) is 163 Å². The Hall–Kier alpha value is -6.58. The monoisotopic (exact) mass is 627 g/mol. The van der Waals surface area contributed by atoms with Crippen LogP contribution < -0.4 is 4.90 Å². The fraction of sp³-hybridized carbons (Fsp3) is 0. The van der Waals surface area contributed by atoms with Crippen molar-refractivity contribution in [3.05, 3.63) is 176 Å². The predicted molar refractivity (Wildman–Crippen MR) is 204 cm³/mol. The second-order valence-electron chi connectivity index (χ2n) is 12.5. The molecule has 0 aliphatic heterocycles. The minimum absolute atomic E-state index is 0.877. The highest BCUT2D eigenvalue weighted by Gasteiger charge is 2.20. The molecule has 0 fully saturated rings. The summed E-state index contributed by atoms with van der Waals surface area (Å²) in [5, 5.41) is 6.78. The van der Waals surface area contributed by atoms with Gasteiger partial charge in [0.25, 0.3) is 0 Å². The molecule has 8 aromatic carbocycles. The summed E-state index contributed by atoms with van der Waals surface area (Å²) in [6.07, 6.45) is 0. The molecule has 3 nitrogen and oxygen atoms in total. The lowest BCUT2D eigenvalue weighted by Crippen LogP contribution is -2.10. The number of anilines is 3. The van der Waals surface area contributed by atoms with Crippen LogP contribution in [0.2, 0.25) is 0 Å². The molecule has 0 radical (unpaired) electrons. The number of benzene rings is 8. The lowest BCUT2D eigenvalue weighted by atomic mass is 9.94. The SMILES string of the molecule is c1ccc(-c2ccc(N(c3ccc4oc5ccccc5c4c3)c3ccc4c(-c5ccccc5)cc5oc6ccccc6c5c4c3)cc2)cc1. The van der Waals surface area contributed by atoms with E-state index in [0.717, 1.165) is 77.5 Å². The Kier molecular flexibility index (Phi) is 6.18. The highest BCUT2D eigenvalue weighted by molar-refractivity contribution is 6.22. The number of fused-ring (bicyclic) bond motifs is 8. The van der Waals surface area contributed by atoms with E-state index in [4.69, 9.17) is 8.83 Å². The average molecular weight is 628 g/mol. The van der Waals surface area contributed by atoms with Crippen LogP contribution >= 0.6 is 0 Å². The molecule has 0 unspecified atom stereocenters. The molecule has 0 amide bonds. The summed E-state index contributed by atoms with van der Waals surface area (Å²) in [6.45, 7) is 0. The molecule has 230 valence electrons. The van der Waals surface area contributed by atoms with Crippen LogP contribution in [0.15, 0.2) is 185 Å². The first-order valence-electron chi connectivity index (χ1n) is 16.6. The zero-order valence-electron chi connectivity index (χ0n) is 26.5. The number of nitrogens with zero attached hydrogens (tertiary/aromatic N) is 1. The van der Waals surface area contributed by atoms with Gasteiger partial charge in [0.1, 0.15) is 22.3 Å². The van der Waals surface area contributed by atoms with E-state index in [1.807, 2.05) is 18.2 Å². The first kappa shape index (κ1) is 27.5. The van der Waals surface area contributed by atoms with Crippen LogP contribution in [0, 0.1) is 0 Å². The van der Waals surface area contributed by atoms with Crippen molar-refractivity contribution in [2.75, 3.05) is 4.90 Å². The number of para-hydroxylation sites is 2. The van der Waals surface area contributed by atoms with Gasteiger partial charge in [0, 0.05) is 38.6 Å². The lowest BCUT2D eigenvalue weighted by molar-refractivity contribution is 0.668. The van der Waals surface area contributed by atoms with E-state index < -0.39 is 0 Å². The maximum absolute atomic E-state index is 6.50. The van der Waals surface area contributed by atoms with Crippen molar-refractivity contribution in [2.24, 2.45) is 0 Å². The Morgan fingerprint density at radius 3 is 1.59 bits per heavy atom. The molecule has 0 N–H and O–H groups in total. The molecule has 0 spiro atoms. The summed E-state index contributed by atoms with van der Waals surface area (Å²) in [6, 6.07) is 62.1. The van der Waals surface area contributed by atoms with Gasteiger partial charge in [-0.25, -0.2) is 0 Å². The lowest BCUT2D eigenvalue weighted by Gasteiger charge is -2.26. The summed E-state index contributed by atoms with van der Waals surface area (Å²) in [5.74, 6) is 0. The summed E-state index contributed by atoms with van der Waals surface area (Å²) in [5.41, 5.74) is 11.4. The molecule has 49 heavy (non-hydrogen) atoms. The van der Waals surface area contributed by atoms with E-state index in [1.54, 1.807) is 0 Å². The Bertz CT molecular complexity index is 2810. The van der Waals surface area contributed by atoms with Gasteiger partial charge in [-0.1, -0.05) is 115 Å². The van der Waals surface area contributed by atoms with Crippen molar-refractivity contribution in [3.63, 3.8) is 0 Å². The van der Waals surface area contributed by atoms with Gasteiger partial charge in [-0.3, -0.25) is 0 Å². The van der Waals surface area contributed by atoms with Gasteiger partial charge in [0.2, 0.25) is 0 Å². The Labute approximate surface area is 282 Å². The quantitative estimate of drug-likeness (QED) is 0.190. The average Bonchev–Trinajstić information content (AvgIpc) is 3.74. The Balaban J connectivity index is 1.23. The molecule has 2 heterocycles. The maximum atomic E-state index is 6.50. The highest BCUT2D eigenvalue weighted by atomic mass is 16.3. The van der Waals surface area contributed by atoms with Crippen molar-refractivity contribution in [1.82, 2.24) is 0 Å². The second-order valence-corrected chi connectivity index (χ2v) is 12.5. The summed E-state index contributed by atoms with van der Waals surface area (Å²) in [4.78, 5) is 2.35. The van der Waals surface area contributed by atoms with Gasteiger partial charge in [-0.2, -0.15) is 0 Å². The molecule has 0 saturated heterocycles. The van der Waals surface area contributed by atoms with Crippen molar-refractivity contribution in [1.29, 1.82) is 0 Å². The van der Waals surface area contributed by atoms with Gasteiger partial charge in [0.05, 0.1) is 0 Å². The normalized spacial score (nSPS) is 11.7. The number of furan rings is 2. The van der Waals surface area contributed by atoms with Gasteiger partial charge in [-0.15, -0.1) is 0 Å². The number of hydrogen-bond acceptors (Lipinski definition) is 3. The first-order chi connectivity index (χ1) is 24.3. The zero-order chi connectivity index (χ0) is 32.3. The first-order valence-corrected chi connectivity index (χ1v) is 16.6. The summed E-state index contributed by atoms with van der Waals surface area (Å²) < 4.78 is 12.7. The van der Waals surface area contributed by atoms with Crippen molar-refractivity contribution < 1.29 is 8.83 Å². The summed E-state index contributed by atoms with van der Waals surface area (Å²) >= 11 is 0. The highest BCUT2D eigenvalue weighted by Crippen LogP contribution is 2.44. The predicted octanol–water partition coefficient (Wildman–Crippen LogP) is 13.4. The molecular weight excluding hydrogens is 599 g/mol. The molecule has 2 aromatic heterocycles. The van der Waals surface area contributed by atoms with E-state index >= 15 is 0 Å². The molecular formula is C46H29NO2. The molecule has 0 atom stereocenters. The van der Waals surface area contributed by atoms with Crippen LogP contribution in [-0.4, -0.2) is 0 Å². The van der Waals surface area contributed by atoms with E-state index in [1.165, 1.54) is 16.5 Å². The fourth-order valence-corrected chi connectivity index (χ4v) is 7.36. The molecule has 10 rings (SSSR count). The third-order valence-corrected chi connectivity index (χ3v) is 9.65. The minimum Gasteiger partial charge on any atom is -0.456 e. The van der Waals surface area contributed by atoms with Crippen LogP contribution in [0.1, 0.15) is 0 Å². The number of hydrogen-bond donors (Lipinski definition) is 0. The zero-order valence-corrected chi connectivity index (χ0v) is 26.5. The molecule has 0 bridgehead atoms. The van der Waals surface area contributed by atoms with E-state index in [-0.39, 0.29) is 0 Å². The fourth-order valence-electron chi connectivity index (χ4n) is 7.36. The molecule has 10 aromatic rings. The van der Waals surface area contributed by atoms with Crippen molar-refractivity contribution in [2.45, 2.75) is 0 Å². The topological polar surface area (TPSA) is 29.5 Å². The van der Waals surface area contributed by atoms with Gasteiger partial charge in [0.15, 0.2) is 0 Å². The van der Waals surface area contributed by atoms with Crippen LogP contribution in [-0.2, 0) is 0 Å². The smallest absolute Gasteiger partial charge is 0.136 e. The molecule has 0 saturated carbocycles.